The van der Waals surface area contributed by atoms with E-state index >= 15 is 0 Å². The van der Waals surface area contributed by atoms with Gasteiger partial charge in [-0.1, -0.05) is 13.3 Å². The predicted molar refractivity (Wildman–Crippen MR) is 110 cm³/mol. The Morgan fingerprint density at radius 3 is 2.47 bits per heavy atom. The summed E-state index contributed by atoms with van der Waals surface area (Å²) in [6.45, 7) is 2.47. The first kappa shape index (κ1) is 20.3. The number of hydrogen-bond acceptors (Lipinski definition) is 6. The van der Waals surface area contributed by atoms with Crippen molar-refractivity contribution in [3.8, 4) is 5.69 Å². The molecular formula is C20H22N4O5S. The molecule has 1 aromatic carbocycles. The first-order valence-electron chi connectivity index (χ1n) is 9.79. The molecule has 9 nitrogen and oxygen atoms in total. The third kappa shape index (κ3) is 3.12. The number of carbonyl (C=O) groups is 2. The smallest absolute Gasteiger partial charge is 0.262 e. The summed E-state index contributed by atoms with van der Waals surface area (Å²) in [4.78, 5) is 36.4. The second-order valence-electron chi connectivity index (χ2n) is 7.44. The van der Waals surface area contributed by atoms with Gasteiger partial charge in [-0.25, -0.2) is 8.42 Å². The number of aromatic nitrogens is 1. The van der Waals surface area contributed by atoms with Gasteiger partial charge in [0.2, 0.25) is 10.0 Å². The summed E-state index contributed by atoms with van der Waals surface area (Å²) in [6.07, 6.45) is 3.44. The van der Waals surface area contributed by atoms with Crippen molar-refractivity contribution in [2.24, 2.45) is 0 Å². The van der Waals surface area contributed by atoms with Gasteiger partial charge in [0.05, 0.1) is 21.7 Å². The maximum Gasteiger partial charge on any atom is 0.262 e. The fourth-order valence-corrected chi connectivity index (χ4v) is 5.91. The van der Waals surface area contributed by atoms with Crippen molar-refractivity contribution in [3.05, 3.63) is 51.8 Å². The Bertz CT molecular complexity index is 1200. The summed E-state index contributed by atoms with van der Waals surface area (Å²) in [6, 6.07) is 6.82. The number of sulfonamides is 1. The maximum absolute atomic E-state index is 13.1. The zero-order valence-electron chi connectivity index (χ0n) is 16.4. The Balaban J connectivity index is 1.73. The van der Waals surface area contributed by atoms with E-state index in [-0.39, 0.29) is 27.9 Å². The number of amides is 2. The molecule has 3 N–H and O–H groups in total. The minimum atomic E-state index is -3.66. The van der Waals surface area contributed by atoms with E-state index in [9.17, 15) is 22.8 Å². The number of nitrogens with one attached hydrogen (secondary N) is 1. The highest BCUT2D eigenvalue weighted by molar-refractivity contribution is 7.89. The van der Waals surface area contributed by atoms with Crippen LogP contribution in [-0.4, -0.2) is 41.7 Å². The van der Waals surface area contributed by atoms with Crippen molar-refractivity contribution in [2.45, 2.75) is 43.5 Å². The molecule has 2 aliphatic heterocycles. The van der Waals surface area contributed by atoms with Crippen molar-refractivity contribution >= 4 is 27.7 Å². The topological polar surface area (TPSA) is 132 Å². The van der Waals surface area contributed by atoms with Crippen molar-refractivity contribution in [1.29, 1.82) is 0 Å². The molecule has 30 heavy (non-hydrogen) atoms. The lowest BCUT2D eigenvalue weighted by atomic mass is 10.0. The maximum atomic E-state index is 13.1. The Morgan fingerprint density at radius 2 is 1.80 bits per heavy atom. The molecule has 2 amide bonds. The minimum Gasteiger partial charge on any atom is -0.384 e. The number of benzene rings is 1. The standard InChI is InChI=1S/C20H22N4O5S/c1-2-12-5-3-4-10-23(12)30(28,29)14-8-6-13(7-9-14)24-16(25)11-15-17(18(24)21)20(27)22-19(15)26/h6-9,11-12H,2-5,10,21H2,1H3,(H,22,26,27). The molecule has 0 spiro atoms. The van der Waals surface area contributed by atoms with Gasteiger partial charge in [-0.2, -0.15) is 4.31 Å². The molecular weight excluding hydrogens is 408 g/mol. The second kappa shape index (κ2) is 7.37. The van der Waals surface area contributed by atoms with Crippen LogP contribution in [0.2, 0.25) is 0 Å². The lowest BCUT2D eigenvalue weighted by Crippen LogP contribution is -2.43. The number of rotatable bonds is 4. The number of pyridine rings is 1. The summed E-state index contributed by atoms with van der Waals surface area (Å²) in [5.41, 5.74) is 5.61. The lowest BCUT2D eigenvalue weighted by molar-refractivity contribution is 0.0880. The summed E-state index contributed by atoms with van der Waals surface area (Å²) < 4.78 is 28.9. The van der Waals surface area contributed by atoms with Crippen molar-refractivity contribution in [2.75, 3.05) is 12.3 Å². The molecule has 1 unspecified atom stereocenters. The number of nitrogens with zero attached hydrogens (tertiary/aromatic N) is 2. The van der Waals surface area contributed by atoms with Crippen LogP contribution >= 0.6 is 0 Å². The highest BCUT2D eigenvalue weighted by atomic mass is 32.2. The fourth-order valence-electron chi connectivity index (χ4n) is 4.15. The van der Waals surface area contributed by atoms with E-state index in [0.717, 1.165) is 36.3 Å². The van der Waals surface area contributed by atoms with Crippen LogP contribution in [0.4, 0.5) is 5.82 Å². The van der Waals surface area contributed by atoms with Gasteiger partial charge >= 0.3 is 0 Å². The highest BCUT2D eigenvalue weighted by Crippen LogP contribution is 2.28. The van der Waals surface area contributed by atoms with E-state index < -0.39 is 27.4 Å². The summed E-state index contributed by atoms with van der Waals surface area (Å²) >= 11 is 0. The molecule has 0 aliphatic carbocycles. The average Bonchev–Trinajstić information content (AvgIpc) is 3.01. The molecule has 0 bridgehead atoms. The van der Waals surface area contributed by atoms with Gasteiger partial charge in [-0.05, 0) is 43.5 Å². The van der Waals surface area contributed by atoms with E-state index in [1.807, 2.05) is 6.92 Å². The second-order valence-corrected chi connectivity index (χ2v) is 9.33. The van der Waals surface area contributed by atoms with Gasteiger partial charge in [0.25, 0.3) is 17.4 Å². The molecule has 158 valence electrons. The lowest BCUT2D eigenvalue weighted by Gasteiger charge is -2.34. The van der Waals surface area contributed by atoms with Crippen LogP contribution in [0.5, 0.6) is 0 Å². The molecule has 3 heterocycles. The van der Waals surface area contributed by atoms with Gasteiger partial charge in [0.1, 0.15) is 5.82 Å². The molecule has 1 fully saturated rings. The van der Waals surface area contributed by atoms with Crippen molar-refractivity contribution in [1.82, 2.24) is 14.2 Å². The van der Waals surface area contributed by atoms with Crippen molar-refractivity contribution in [3.63, 3.8) is 0 Å². The molecule has 2 aliphatic rings. The Kier molecular flexibility index (Phi) is 4.99. The molecule has 4 rings (SSSR count). The number of fused-ring (bicyclic) bond motifs is 1. The summed E-state index contributed by atoms with van der Waals surface area (Å²) in [5, 5.41) is 2.11. The van der Waals surface area contributed by atoms with Crippen LogP contribution in [-0.2, 0) is 10.0 Å². The van der Waals surface area contributed by atoms with E-state index in [1.165, 1.54) is 24.3 Å². The molecule has 1 aromatic heterocycles. The predicted octanol–water partition coefficient (Wildman–Crippen LogP) is 1.26. The Hall–Kier alpha value is -2.98. The summed E-state index contributed by atoms with van der Waals surface area (Å²) in [7, 11) is -3.66. The molecule has 1 atom stereocenters. The summed E-state index contributed by atoms with van der Waals surface area (Å²) in [5.74, 6) is -1.51. The monoisotopic (exact) mass is 430 g/mol. The van der Waals surface area contributed by atoms with Crippen molar-refractivity contribution < 1.29 is 18.0 Å². The minimum absolute atomic E-state index is 0.0190. The Labute approximate surface area is 173 Å². The molecule has 10 heteroatoms. The van der Waals surface area contributed by atoms with E-state index in [4.69, 9.17) is 5.73 Å². The molecule has 0 saturated carbocycles. The number of piperidine rings is 1. The van der Waals surface area contributed by atoms with Crippen LogP contribution in [0.1, 0.15) is 53.3 Å². The van der Waals surface area contributed by atoms with Gasteiger partial charge in [0.15, 0.2) is 0 Å². The average molecular weight is 430 g/mol. The zero-order chi connectivity index (χ0) is 21.6. The SMILES string of the molecule is CCC1CCCCN1S(=O)(=O)c1ccc(-n2c(N)c3c(cc2=O)C(=O)NC3=O)cc1. The number of carbonyl (C=O) groups excluding carboxylic acids is 2. The van der Waals surface area contributed by atoms with Gasteiger partial charge in [-0.3, -0.25) is 24.3 Å². The zero-order valence-corrected chi connectivity index (χ0v) is 17.2. The fraction of sp³-hybridized carbons (Fsp3) is 0.350. The molecule has 2 aromatic rings. The van der Waals surface area contributed by atoms with Crippen LogP contribution in [0, 0.1) is 0 Å². The Morgan fingerprint density at radius 1 is 1.10 bits per heavy atom. The van der Waals surface area contributed by atoms with Crippen LogP contribution in [0.25, 0.3) is 5.69 Å². The van der Waals surface area contributed by atoms with E-state index in [0.29, 0.717) is 12.2 Å². The largest absolute Gasteiger partial charge is 0.384 e. The quantitative estimate of drug-likeness (QED) is 0.702. The number of nitrogen functional groups attached to an aromatic ring is 1. The van der Waals surface area contributed by atoms with E-state index in [1.54, 1.807) is 4.31 Å². The van der Waals surface area contributed by atoms with E-state index in [2.05, 4.69) is 5.32 Å². The van der Waals surface area contributed by atoms with Gasteiger partial charge in [0, 0.05) is 18.7 Å². The molecule has 1 saturated heterocycles. The van der Waals surface area contributed by atoms with Gasteiger partial charge < -0.3 is 5.73 Å². The number of imide groups is 1. The van der Waals surface area contributed by atoms with Crippen LogP contribution < -0.4 is 16.6 Å². The van der Waals surface area contributed by atoms with Crippen LogP contribution in [0.15, 0.2) is 40.0 Å². The number of anilines is 1. The van der Waals surface area contributed by atoms with Gasteiger partial charge in [-0.15, -0.1) is 0 Å². The third-order valence-corrected chi connectivity index (χ3v) is 7.67. The first-order valence-corrected chi connectivity index (χ1v) is 11.2. The highest BCUT2D eigenvalue weighted by Gasteiger charge is 2.33. The first-order chi connectivity index (χ1) is 14.3. The number of nitrogens with two attached hydrogens (primary N) is 1. The molecule has 0 radical (unpaired) electrons. The third-order valence-electron chi connectivity index (χ3n) is 5.70. The van der Waals surface area contributed by atoms with Crippen LogP contribution in [0.3, 0.4) is 0 Å². The number of hydrogen-bond donors (Lipinski definition) is 2. The normalized spacial score (nSPS) is 19.6.